The summed E-state index contributed by atoms with van der Waals surface area (Å²) >= 11 is 0. The van der Waals surface area contributed by atoms with Gasteiger partial charge in [-0.3, -0.25) is 9.59 Å². The zero-order valence-electron chi connectivity index (χ0n) is 15.9. The molecule has 0 bridgehead atoms. The molecular weight excluding hydrogens is 372 g/mol. The van der Waals surface area contributed by atoms with Crippen molar-refractivity contribution in [1.82, 2.24) is 0 Å². The molecule has 29 heavy (non-hydrogen) atoms. The van der Waals surface area contributed by atoms with E-state index in [2.05, 4.69) is 0 Å². The van der Waals surface area contributed by atoms with Crippen LogP contribution in [0.3, 0.4) is 0 Å². The molecule has 0 saturated heterocycles. The first kappa shape index (κ1) is 18.8. The van der Waals surface area contributed by atoms with Gasteiger partial charge in [-0.25, -0.2) is 0 Å². The molecule has 0 atom stereocenters. The summed E-state index contributed by atoms with van der Waals surface area (Å²) in [6, 6.07) is 37.4. The minimum absolute atomic E-state index is 0.0932. The van der Waals surface area contributed by atoms with Gasteiger partial charge in [0.25, 0.3) is 8.07 Å². The van der Waals surface area contributed by atoms with E-state index < -0.39 is 8.07 Å². The Morgan fingerprint density at radius 1 is 0.414 bits per heavy atom. The van der Waals surface area contributed by atoms with Crippen LogP contribution in [0.2, 0.25) is 0 Å². The first-order valence-electron chi connectivity index (χ1n) is 9.55. The third-order valence-corrected chi connectivity index (χ3v) is 9.51. The summed E-state index contributed by atoms with van der Waals surface area (Å²) in [5.41, 5.74) is 1.13. The van der Waals surface area contributed by atoms with Gasteiger partial charge in [-0.1, -0.05) is 121 Å². The lowest BCUT2D eigenvalue weighted by Crippen LogP contribution is -2.70. The van der Waals surface area contributed by atoms with Crippen molar-refractivity contribution in [2.75, 3.05) is 0 Å². The smallest absolute Gasteiger partial charge is 0.279 e. The Bertz CT molecular complexity index is 1020. The van der Waals surface area contributed by atoms with Crippen LogP contribution in [0.25, 0.3) is 0 Å². The molecule has 4 aromatic rings. The molecule has 0 aliphatic rings. The standard InChI is InChI=1S/C26H20O2Si/c27-25(21-13-5-1-6-14-21)29(23-17-9-3-10-18-23,24-19-11-4-12-20-24)26(28)22-15-7-2-8-16-22/h1-20H. The summed E-state index contributed by atoms with van der Waals surface area (Å²) in [7, 11) is -3.51. The van der Waals surface area contributed by atoms with Crippen molar-refractivity contribution in [3.63, 3.8) is 0 Å². The maximum Gasteiger partial charge on any atom is 0.279 e. The number of benzene rings is 4. The zero-order chi connectivity index (χ0) is 20.1. The number of carbonyl (C=O) groups excluding carboxylic acids is 2. The lowest BCUT2D eigenvalue weighted by atomic mass is 10.2. The summed E-state index contributed by atoms with van der Waals surface area (Å²) in [6.07, 6.45) is 0. The van der Waals surface area contributed by atoms with Gasteiger partial charge in [-0.2, -0.15) is 0 Å². The molecular formula is C26H20O2Si. The average Bonchev–Trinajstić information content (AvgIpc) is 2.82. The molecule has 0 aromatic heterocycles. The van der Waals surface area contributed by atoms with Crippen LogP contribution >= 0.6 is 0 Å². The second-order valence-electron chi connectivity index (χ2n) is 6.87. The predicted molar refractivity (Wildman–Crippen MR) is 119 cm³/mol. The van der Waals surface area contributed by atoms with Crippen LogP contribution in [-0.4, -0.2) is 18.9 Å². The van der Waals surface area contributed by atoms with Gasteiger partial charge in [0.2, 0.25) is 0 Å². The number of hydrogen-bond acceptors (Lipinski definition) is 2. The van der Waals surface area contributed by atoms with Gasteiger partial charge in [0.1, 0.15) is 0 Å². The van der Waals surface area contributed by atoms with Crippen molar-refractivity contribution in [2.24, 2.45) is 0 Å². The number of carbonyl (C=O) groups is 2. The lowest BCUT2D eigenvalue weighted by molar-refractivity contribution is 0.103. The Labute approximate surface area is 171 Å². The molecule has 0 heterocycles. The summed E-state index contributed by atoms with van der Waals surface area (Å²) in [4.78, 5) is 28.2. The van der Waals surface area contributed by atoms with Crippen LogP contribution in [0.1, 0.15) is 20.7 Å². The Kier molecular flexibility index (Phi) is 5.32. The van der Waals surface area contributed by atoms with Crippen molar-refractivity contribution < 1.29 is 9.59 Å². The third kappa shape index (κ3) is 3.37. The van der Waals surface area contributed by atoms with E-state index in [1.165, 1.54) is 0 Å². The highest BCUT2D eigenvalue weighted by Crippen LogP contribution is 2.19. The second-order valence-corrected chi connectivity index (χ2v) is 10.4. The molecule has 0 unspecified atom stereocenters. The average molecular weight is 393 g/mol. The van der Waals surface area contributed by atoms with E-state index in [0.717, 1.165) is 10.4 Å². The van der Waals surface area contributed by atoms with Crippen LogP contribution in [0.5, 0.6) is 0 Å². The molecule has 2 nitrogen and oxygen atoms in total. The largest absolute Gasteiger partial charge is 0.299 e. The van der Waals surface area contributed by atoms with Crippen molar-refractivity contribution in [1.29, 1.82) is 0 Å². The van der Waals surface area contributed by atoms with Crippen molar-refractivity contribution in [3.8, 4) is 0 Å². The van der Waals surface area contributed by atoms with Crippen LogP contribution in [-0.2, 0) is 0 Å². The molecule has 140 valence electrons. The van der Waals surface area contributed by atoms with Gasteiger partial charge in [0, 0.05) is 11.1 Å². The number of rotatable bonds is 6. The SMILES string of the molecule is O=C(c1ccccc1)[Si](C(=O)c1ccccc1)(c1ccccc1)c1ccccc1. The lowest BCUT2D eigenvalue weighted by Gasteiger charge is -2.30. The molecule has 4 rings (SSSR count). The minimum Gasteiger partial charge on any atom is -0.299 e. The van der Waals surface area contributed by atoms with E-state index in [9.17, 15) is 9.59 Å². The highest BCUT2D eigenvalue weighted by atomic mass is 28.3. The molecule has 0 aliphatic heterocycles. The number of hydrogen-bond donors (Lipinski definition) is 0. The Hall–Kier alpha value is -3.56. The molecule has 0 N–H and O–H groups in total. The monoisotopic (exact) mass is 392 g/mol. The molecule has 4 aromatic carbocycles. The van der Waals surface area contributed by atoms with Crippen LogP contribution < -0.4 is 10.4 Å². The fraction of sp³-hybridized carbons (Fsp3) is 0. The van der Waals surface area contributed by atoms with E-state index in [-0.39, 0.29) is 10.8 Å². The van der Waals surface area contributed by atoms with Crippen LogP contribution in [0.4, 0.5) is 0 Å². The molecule has 0 radical (unpaired) electrons. The van der Waals surface area contributed by atoms with Crippen molar-refractivity contribution in [2.45, 2.75) is 0 Å². The van der Waals surface area contributed by atoms with Gasteiger partial charge in [0.05, 0.1) is 0 Å². The molecule has 0 saturated carbocycles. The highest BCUT2D eigenvalue weighted by Gasteiger charge is 2.52. The molecule has 0 aliphatic carbocycles. The molecule has 0 amide bonds. The summed E-state index contributed by atoms with van der Waals surface area (Å²) in [5, 5.41) is 1.41. The first-order valence-corrected chi connectivity index (χ1v) is 11.6. The maximum absolute atomic E-state index is 14.1. The van der Waals surface area contributed by atoms with Gasteiger partial charge >= 0.3 is 0 Å². The van der Waals surface area contributed by atoms with Gasteiger partial charge < -0.3 is 0 Å². The Balaban J connectivity index is 2.06. The second kappa shape index (κ2) is 8.21. The van der Waals surface area contributed by atoms with E-state index in [4.69, 9.17) is 0 Å². The zero-order valence-corrected chi connectivity index (χ0v) is 16.9. The summed E-state index contributed by atoms with van der Waals surface area (Å²) < 4.78 is 0. The van der Waals surface area contributed by atoms with Gasteiger partial charge in [-0.05, 0) is 10.4 Å². The Morgan fingerprint density at radius 3 is 1.00 bits per heavy atom. The normalized spacial score (nSPS) is 11.0. The minimum atomic E-state index is -3.51. The topological polar surface area (TPSA) is 34.1 Å². The van der Waals surface area contributed by atoms with Gasteiger partial charge in [0.15, 0.2) is 10.8 Å². The quantitative estimate of drug-likeness (QED) is 0.463. The van der Waals surface area contributed by atoms with Crippen molar-refractivity contribution >= 4 is 29.3 Å². The van der Waals surface area contributed by atoms with Crippen LogP contribution in [0, 0.1) is 0 Å². The molecule has 0 fully saturated rings. The van der Waals surface area contributed by atoms with E-state index in [1.54, 1.807) is 24.3 Å². The molecule has 0 spiro atoms. The van der Waals surface area contributed by atoms with E-state index >= 15 is 0 Å². The van der Waals surface area contributed by atoms with Crippen molar-refractivity contribution in [3.05, 3.63) is 132 Å². The van der Waals surface area contributed by atoms with Crippen LogP contribution in [0.15, 0.2) is 121 Å². The fourth-order valence-corrected chi connectivity index (χ4v) is 7.96. The fourth-order valence-electron chi connectivity index (χ4n) is 3.78. The van der Waals surface area contributed by atoms with E-state index in [0.29, 0.717) is 11.1 Å². The third-order valence-electron chi connectivity index (χ3n) is 5.17. The summed E-state index contributed by atoms with van der Waals surface area (Å²) in [6.45, 7) is 0. The van der Waals surface area contributed by atoms with E-state index in [1.807, 2.05) is 97.1 Å². The Morgan fingerprint density at radius 2 is 0.690 bits per heavy atom. The predicted octanol–water partition coefficient (Wildman–Crippen LogP) is 4.09. The highest BCUT2D eigenvalue weighted by molar-refractivity contribution is 7.40. The maximum atomic E-state index is 14.1. The van der Waals surface area contributed by atoms with Gasteiger partial charge in [-0.15, -0.1) is 0 Å². The first-order chi connectivity index (χ1) is 14.2. The molecule has 3 heteroatoms. The summed E-state index contributed by atoms with van der Waals surface area (Å²) in [5.74, 6) is 0.